The Morgan fingerprint density at radius 3 is 2.41 bits per heavy atom. The van der Waals surface area contributed by atoms with Gasteiger partial charge in [0, 0.05) is 23.0 Å². The molecule has 1 N–H and O–H groups in total. The van der Waals surface area contributed by atoms with E-state index in [1.54, 1.807) is 6.07 Å². The van der Waals surface area contributed by atoms with E-state index < -0.39 is 0 Å². The molecule has 0 aliphatic rings. The molecule has 0 fully saturated rings. The van der Waals surface area contributed by atoms with Gasteiger partial charge in [-0.15, -0.1) is 0 Å². The second-order valence-electron chi connectivity index (χ2n) is 7.04. The number of aromatic nitrogens is 1. The lowest BCUT2D eigenvalue weighted by Crippen LogP contribution is -2.04. The quantitative estimate of drug-likeness (QED) is 0.307. The highest BCUT2D eigenvalue weighted by Gasteiger charge is 2.11. The summed E-state index contributed by atoms with van der Waals surface area (Å²) < 4.78 is 6.22. The fourth-order valence-electron chi connectivity index (χ4n) is 3.68. The molecule has 0 saturated heterocycles. The molecule has 29 heavy (non-hydrogen) atoms. The SMILES string of the molecule is Cc1cc2/c(=N/O)cc(-c3cc4ccccc4cn3)oc2cc1-c1ccccc1. The highest BCUT2D eigenvalue weighted by molar-refractivity contribution is 5.87. The summed E-state index contributed by atoms with van der Waals surface area (Å²) in [6, 6.07) is 25.9. The highest BCUT2D eigenvalue weighted by Crippen LogP contribution is 2.30. The number of benzene rings is 3. The molecular weight excluding hydrogens is 360 g/mol. The van der Waals surface area contributed by atoms with Gasteiger partial charge in [0.1, 0.15) is 16.6 Å². The molecule has 0 aliphatic heterocycles. The first-order valence-electron chi connectivity index (χ1n) is 9.40. The van der Waals surface area contributed by atoms with Crippen LogP contribution < -0.4 is 5.36 Å². The molecule has 2 aromatic heterocycles. The maximum absolute atomic E-state index is 9.62. The van der Waals surface area contributed by atoms with Crippen molar-refractivity contribution in [2.75, 3.05) is 0 Å². The van der Waals surface area contributed by atoms with Gasteiger partial charge in [-0.1, -0.05) is 59.8 Å². The molecule has 0 amide bonds. The largest absolute Gasteiger partial charge is 0.454 e. The third kappa shape index (κ3) is 3.05. The van der Waals surface area contributed by atoms with Gasteiger partial charge in [-0.3, -0.25) is 4.98 Å². The fraction of sp³-hybridized carbons (Fsp3) is 0.0400. The lowest BCUT2D eigenvalue weighted by atomic mass is 9.98. The second kappa shape index (κ2) is 6.91. The normalized spacial score (nSPS) is 12.0. The molecule has 3 aromatic carbocycles. The van der Waals surface area contributed by atoms with Crippen LogP contribution in [0.2, 0.25) is 0 Å². The molecule has 0 bridgehead atoms. The Hall–Kier alpha value is -3.92. The Bertz CT molecular complexity index is 1420. The smallest absolute Gasteiger partial charge is 0.155 e. The van der Waals surface area contributed by atoms with E-state index >= 15 is 0 Å². The van der Waals surface area contributed by atoms with Crippen molar-refractivity contribution in [2.24, 2.45) is 5.16 Å². The molecule has 2 heterocycles. The van der Waals surface area contributed by atoms with Crippen molar-refractivity contribution in [3.63, 3.8) is 0 Å². The average molecular weight is 378 g/mol. The van der Waals surface area contributed by atoms with Crippen LogP contribution in [-0.4, -0.2) is 10.2 Å². The van der Waals surface area contributed by atoms with Crippen LogP contribution in [0.5, 0.6) is 0 Å². The Kier molecular flexibility index (Phi) is 4.10. The van der Waals surface area contributed by atoms with Crippen molar-refractivity contribution in [3.8, 4) is 22.6 Å². The molecular formula is C25H18N2O2. The van der Waals surface area contributed by atoms with Crippen molar-refractivity contribution < 1.29 is 9.62 Å². The van der Waals surface area contributed by atoms with Crippen LogP contribution >= 0.6 is 0 Å². The van der Waals surface area contributed by atoms with E-state index in [1.807, 2.05) is 73.8 Å². The molecule has 5 rings (SSSR count). The maximum atomic E-state index is 9.62. The van der Waals surface area contributed by atoms with E-state index in [1.165, 1.54) is 0 Å². The van der Waals surface area contributed by atoms with Gasteiger partial charge in [-0.2, -0.15) is 0 Å². The number of hydrogen-bond acceptors (Lipinski definition) is 4. The van der Waals surface area contributed by atoms with Gasteiger partial charge in [0.05, 0.1) is 0 Å². The summed E-state index contributed by atoms with van der Waals surface area (Å²) in [5, 5.41) is 16.5. The van der Waals surface area contributed by atoms with Crippen molar-refractivity contribution >= 4 is 21.7 Å². The minimum absolute atomic E-state index is 0.457. The van der Waals surface area contributed by atoms with E-state index in [0.717, 1.165) is 32.8 Å². The van der Waals surface area contributed by atoms with E-state index in [9.17, 15) is 5.21 Å². The topological polar surface area (TPSA) is 58.6 Å². The van der Waals surface area contributed by atoms with Crippen molar-refractivity contribution in [3.05, 3.63) is 96.0 Å². The number of nitrogens with zero attached hydrogens (tertiary/aromatic N) is 2. The van der Waals surface area contributed by atoms with Crippen LogP contribution in [0.3, 0.4) is 0 Å². The van der Waals surface area contributed by atoms with Crippen molar-refractivity contribution in [1.29, 1.82) is 0 Å². The van der Waals surface area contributed by atoms with Crippen LogP contribution in [0, 0.1) is 6.92 Å². The van der Waals surface area contributed by atoms with Gasteiger partial charge in [-0.25, -0.2) is 0 Å². The molecule has 0 saturated carbocycles. The first-order valence-corrected chi connectivity index (χ1v) is 9.40. The average Bonchev–Trinajstić information content (AvgIpc) is 2.78. The lowest BCUT2D eigenvalue weighted by Gasteiger charge is -2.10. The summed E-state index contributed by atoms with van der Waals surface area (Å²) in [4.78, 5) is 4.54. The van der Waals surface area contributed by atoms with Crippen molar-refractivity contribution in [2.45, 2.75) is 6.92 Å². The summed E-state index contributed by atoms with van der Waals surface area (Å²) in [6.07, 6.45) is 1.82. The summed E-state index contributed by atoms with van der Waals surface area (Å²) in [5.74, 6) is 0.555. The first kappa shape index (κ1) is 17.2. The monoisotopic (exact) mass is 378 g/mol. The number of aryl methyl sites for hydroxylation is 1. The number of pyridine rings is 1. The van der Waals surface area contributed by atoms with Gasteiger partial charge in [0.25, 0.3) is 0 Å². The van der Waals surface area contributed by atoms with Crippen LogP contribution in [0.4, 0.5) is 0 Å². The Morgan fingerprint density at radius 2 is 1.62 bits per heavy atom. The Balaban J connectivity index is 1.75. The fourth-order valence-corrected chi connectivity index (χ4v) is 3.68. The standard InChI is InChI=1S/C25H18N2O2/c1-16-11-21-22(27-28)14-25(23-12-18-9-5-6-10-19(18)15-26-23)29-24(21)13-20(16)17-7-3-2-4-8-17/h2-15,28H,1H3/b27-22+. The summed E-state index contributed by atoms with van der Waals surface area (Å²) in [6.45, 7) is 2.04. The molecule has 0 radical (unpaired) electrons. The van der Waals surface area contributed by atoms with E-state index in [2.05, 4.69) is 22.3 Å². The van der Waals surface area contributed by atoms with Crippen LogP contribution in [0.15, 0.2) is 94.6 Å². The van der Waals surface area contributed by atoms with Crippen LogP contribution in [0.25, 0.3) is 44.3 Å². The van der Waals surface area contributed by atoms with Gasteiger partial charge >= 0.3 is 0 Å². The molecule has 4 nitrogen and oxygen atoms in total. The lowest BCUT2D eigenvalue weighted by molar-refractivity contribution is 0.302. The molecule has 0 atom stereocenters. The summed E-state index contributed by atoms with van der Waals surface area (Å²) in [7, 11) is 0. The minimum Gasteiger partial charge on any atom is -0.454 e. The number of hydrogen-bond donors (Lipinski definition) is 1. The van der Waals surface area contributed by atoms with Gasteiger partial charge in [-0.05, 0) is 47.2 Å². The number of fused-ring (bicyclic) bond motifs is 2. The third-order valence-corrected chi connectivity index (χ3v) is 5.17. The summed E-state index contributed by atoms with van der Waals surface area (Å²) >= 11 is 0. The minimum atomic E-state index is 0.457. The highest BCUT2D eigenvalue weighted by atomic mass is 16.4. The Labute approximate surface area is 167 Å². The zero-order valence-electron chi connectivity index (χ0n) is 15.8. The van der Waals surface area contributed by atoms with Crippen LogP contribution in [-0.2, 0) is 0 Å². The Morgan fingerprint density at radius 1 is 0.862 bits per heavy atom. The zero-order chi connectivity index (χ0) is 19.8. The second-order valence-corrected chi connectivity index (χ2v) is 7.04. The third-order valence-electron chi connectivity index (χ3n) is 5.17. The molecule has 4 heteroatoms. The summed E-state index contributed by atoms with van der Waals surface area (Å²) in [5.41, 5.74) is 4.61. The van der Waals surface area contributed by atoms with Gasteiger partial charge < -0.3 is 9.62 Å². The molecule has 0 spiro atoms. The van der Waals surface area contributed by atoms with E-state index in [4.69, 9.17) is 4.42 Å². The van der Waals surface area contributed by atoms with E-state index in [0.29, 0.717) is 22.4 Å². The predicted molar refractivity (Wildman–Crippen MR) is 114 cm³/mol. The molecule has 140 valence electrons. The number of rotatable bonds is 2. The zero-order valence-corrected chi connectivity index (χ0v) is 15.8. The predicted octanol–water partition coefficient (Wildman–Crippen LogP) is 5.91. The van der Waals surface area contributed by atoms with E-state index in [-0.39, 0.29) is 0 Å². The van der Waals surface area contributed by atoms with Gasteiger partial charge in [0.2, 0.25) is 0 Å². The van der Waals surface area contributed by atoms with Gasteiger partial charge in [0.15, 0.2) is 5.76 Å². The first-order chi connectivity index (χ1) is 14.2. The van der Waals surface area contributed by atoms with Crippen molar-refractivity contribution in [1.82, 2.24) is 4.98 Å². The maximum Gasteiger partial charge on any atom is 0.155 e. The molecule has 5 aromatic rings. The van der Waals surface area contributed by atoms with Crippen LogP contribution in [0.1, 0.15) is 5.56 Å². The molecule has 0 unspecified atom stereocenters. The molecule has 0 aliphatic carbocycles.